The Hall–Kier alpha value is -3.61. The third kappa shape index (κ3) is 4.05. The summed E-state index contributed by atoms with van der Waals surface area (Å²) in [4.78, 5) is 20.5. The van der Waals surface area contributed by atoms with Crippen LogP contribution >= 0.6 is 0 Å². The number of carbonyl (C=O) groups excluding carboxylic acids is 1. The van der Waals surface area contributed by atoms with Crippen molar-refractivity contribution in [1.82, 2.24) is 24.9 Å². The highest BCUT2D eigenvalue weighted by atomic mass is 19.4. The zero-order valence-electron chi connectivity index (χ0n) is 15.5. The van der Waals surface area contributed by atoms with E-state index in [4.69, 9.17) is 4.74 Å². The van der Waals surface area contributed by atoms with Crippen molar-refractivity contribution in [3.63, 3.8) is 0 Å². The topological polar surface area (TPSA) is 115 Å². The molecule has 10 nitrogen and oxygen atoms in total. The van der Waals surface area contributed by atoms with Crippen molar-refractivity contribution in [3.8, 4) is 5.88 Å². The van der Waals surface area contributed by atoms with Crippen molar-refractivity contribution in [2.75, 3.05) is 30.9 Å². The summed E-state index contributed by atoms with van der Waals surface area (Å²) >= 11 is 0. The first-order chi connectivity index (χ1) is 14.3. The van der Waals surface area contributed by atoms with Crippen molar-refractivity contribution in [1.29, 1.82) is 0 Å². The predicted molar refractivity (Wildman–Crippen MR) is 98.8 cm³/mol. The van der Waals surface area contributed by atoms with Crippen molar-refractivity contribution in [2.45, 2.75) is 12.4 Å². The summed E-state index contributed by atoms with van der Waals surface area (Å²) in [5.74, 6) is -0.425. The molecule has 0 spiro atoms. The number of pyridine rings is 1. The fourth-order valence-corrected chi connectivity index (χ4v) is 2.76. The van der Waals surface area contributed by atoms with Crippen molar-refractivity contribution in [3.05, 3.63) is 36.2 Å². The molecule has 3 aromatic heterocycles. The summed E-state index contributed by atoms with van der Waals surface area (Å²) in [6, 6.07) is 4.24. The van der Waals surface area contributed by atoms with Gasteiger partial charge in [-0.3, -0.25) is 4.79 Å². The number of nitrogens with one attached hydrogen (secondary N) is 3. The van der Waals surface area contributed by atoms with Gasteiger partial charge >= 0.3 is 6.36 Å². The molecule has 0 unspecified atom stereocenters. The number of amides is 1. The highest BCUT2D eigenvalue weighted by Gasteiger charge is 2.33. The van der Waals surface area contributed by atoms with E-state index in [9.17, 15) is 18.0 Å². The van der Waals surface area contributed by atoms with Gasteiger partial charge in [-0.2, -0.15) is 9.61 Å². The van der Waals surface area contributed by atoms with E-state index in [-0.39, 0.29) is 34.7 Å². The van der Waals surface area contributed by atoms with E-state index >= 15 is 0 Å². The Morgan fingerprint density at radius 1 is 1.37 bits per heavy atom. The molecule has 3 aromatic rings. The normalized spacial score (nSPS) is 14.3. The maximum Gasteiger partial charge on any atom is 0.574 e. The van der Waals surface area contributed by atoms with Gasteiger partial charge in [-0.15, -0.1) is 13.2 Å². The van der Waals surface area contributed by atoms with Gasteiger partial charge in [0.25, 0.3) is 5.91 Å². The highest BCUT2D eigenvalue weighted by molar-refractivity contribution is 6.00. The van der Waals surface area contributed by atoms with E-state index in [1.54, 1.807) is 7.05 Å². The highest BCUT2D eigenvalue weighted by Crippen LogP contribution is 2.30. The Morgan fingerprint density at radius 2 is 2.17 bits per heavy atom. The number of nitrogens with zero attached hydrogens (tertiary/aromatic N) is 4. The van der Waals surface area contributed by atoms with Gasteiger partial charge in [0, 0.05) is 19.3 Å². The Kier molecular flexibility index (Phi) is 5.03. The van der Waals surface area contributed by atoms with Gasteiger partial charge in [-0.25, -0.2) is 9.97 Å². The standard InChI is InChI=1S/C17H16F3N7O3/c1-21-13-5-12(25-11-3-2-4-22-16(11)30-17(18,19)20)26-14-10(6-23-27(13)14)15(28)24-9-7-29-8-9/h2-6,9,21H,7-8H2,1H3,(H,24,28)(H,25,26). The first-order valence-corrected chi connectivity index (χ1v) is 8.77. The van der Waals surface area contributed by atoms with Crippen LogP contribution in [0.1, 0.15) is 10.4 Å². The second-order valence-corrected chi connectivity index (χ2v) is 6.31. The van der Waals surface area contributed by atoms with Crippen molar-refractivity contribution >= 4 is 28.9 Å². The lowest BCUT2D eigenvalue weighted by molar-refractivity contribution is -0.275. The number of aromatic nitrogens is 4. The summed E-state index contributed by atoms with van der Waals surface area (Å²) < 4.78 is 48.3. The maximum absolute atomic E-state index is 12.6. The van der Waals surface area contributed by atoms with Crippen LogP contribution < -0.4 is 20.7 Å². The smallest absolute Gasteiger partial charge is 0.386 e. The van der Waals surface area contributed by atoms with E-state index in [2.05, 4.69) is 35.8 Å². The Morgan fingerprint density at radius 3 is 2.83 bits per heavy atom. The number of halogens is 3. The predicted octanol–water partition coefficient (Wildman–Crippen LogP) is 1.94. The van der Waals surface area contributed by atoms with Gasteiger partial charge in [0.1, 0.15) is 22.9 Å². The fourth-order valence-electron chi connectivity index (χ4n) is 2.76. The minimum Gasteiger partial charge on any atom is -0.386 e. The number of fused-ring (bicyclic) bond motifs is 1. The molecule has 0 radical (unpaired) electrons. The molecule has 4 rings (SSSR count). The lowest BCUT2D eigenvalue weighted by Gasteiger charge is -2.26. The minimum atomic E-state index is -4.90. The van der Waals surface area contributed by atoms with Crippen LogP contribution in [0.5, 0.6) is 5.88 Å². The zero-order valence-corrected chi connectivity index (χ0v) is 15.5. The van der Waals surface area contributed by atoms with E-state index in [1.807, 2.05) is 0 Å². The van der Waals surface area contributed by atoms with Crippen molar-refractivity contribution < 1.29 is 27.4 Å². The van der Waals surface area contributed by atoms with E-state index in [0.717, 1.165) is 0 Å². The molecular formula is C17H16F3N7O3. The van der Waals surface area contributed by atoms with Crippen LogP contribution in [0.15, 0.2) is 30.6 Å². The molecule has 0 atom stereocenters. The summed E-state index contributed by atoms with van der Waals surface area (Å²) in [5, 5.41) is 12.6. The first-order valence-electron chi connectivity index (χ1n) is 8.77. The van der Waals surface area contributed by atoms with Gasteiger partial charge in [0.2, 0.25) is 5.88 Å². The average Bonchev–Trinajstić information content (AvgIpc) is 3.08. The largest absolute Gasteiger partial charge is 0.574 e. The third-order valence-electron chi connectivity index (χ3n) is 4.19. The second-order valence-electron chi connectivity index (χ2n) is 6.31. The summed E-state index contributed by atoms with van der Waals surface area (Å²) in [7, 11) is 1.63. The minimum absolute atomic E-state index is 0.0501. The molecule has 0 aromatic carbocycles. The van der Waals surface area contributed by atoms with Crippen LogP contribution in [-0.2, 0) is 4.74 Å². The van der Waals surface area contributed by atoms with Crippen LogP contribution in [0, 0.1) is 0 Å². The second kappa shape index (κ2) is 7.67. The quantitative estimate of drug-likeness (QED) is 0.551. The number of hydrogen-bond donors (Lipinski definition) is 3. The molecule has 0 bridgehead atoms. The molecule has 3 N–H and O–H groups in total. The maximum atomic E-state index is 12.6. The molecule has 0 aliphatic carbocycles. The number of rotatable bonds is 6. The molecular weight excluding hydrogens is 407 g/mol. The molecule has 13 heteroatoms. The molecule has 1 fully saturated rings. The van der Waals surface area contributed by atoms with Crippen LogP contribution in [0.2, 0.25) is 0 Å². The first kappa shape index (κ1) is 19.7. The van der Waals surface area contributed by atoms with Gasteiger partial charge in [-0.1, -0.05) is 0 Å². The lowest BCUT2D eigenvalue weighted by Crippen LogP contribution is -2.48. The number of carbonyl (C=O) groups is 1. The number of hydrogen-bond acceptors (Lipinski definition) is 8. The van der Waals surface area contributed by atoms with Gasteiger partial charge in [-0.05, 0) is 12.1 Å². The molecule has 0 saturated carbocycles. The monoisotopic (exact) mass is 423 g/mol. The third-order valence-corrected chi connectivity index (χ3v) is 4.19. The Bertz CT molecular complexity index is 1080. The SMILES string of the molecule is CNc1cc(Nc2cccnc2OC(F)(F)F)nc2c(C(=O)NC3COC3)cnn12. The zero-order chi connectivity index (χ0) is 21.3. The Balaban J connectivity index is 1.68. The molecule has 1 saturated heterocycles. The fraction of sp³-hybridized carbons (Fsp3) is 0.294. The molecule has 1 amide bonds. The van der Waals surface area contributed by atoms with Crippen molar-refractivity contribution in [2.24, 2.45) is 0 Å². The van der Waals surface area contributed by atoms with E-state index in [0.29, 0.717) is 19.0 Å². The van der Waals surface area contributed by atoms with Crippen LogP contribution in [0.3, 0.4) is 0 Å². The van der Waals surface area contributed by atoms with E-state index < -0.39 is 12.2 Å². The summed E-state index contributed by atoms with van der Waals surface area (Å²) in [6.07, 6.45) is -2.37. The van der Waals surface area contributed by atoms with Crippen LogP contribution in [-0.4, -0.2) is 58.2 Å². The molecule has 158 valence electrons. The van der Waals surface area contributed by atoms with Crippen LogP contribution in [0.4, 0.5) is 30.5 Å². The number of ether oxygens (including phenoxy) is 2. The molecule has 4 heterocycles. The molecule has 1 aliphatic heterocycles. The average molecular weight is 423 g/mol. The van der Waals surface area contributed by atoms with Crippen LogP contribution in [0.25, 0.3) is 5.65 Å². The number of anilines is 3. The lowest BCUT2D eigenvalue weighted by atomic mass is 10.2. The van der Waals surface area contributed by atoms with Gasteiger partial charge in [0.15, 0.2) is 5.65 Å². The summed E-state index contributed by atoms with van der Waals surface area (Å²) in [6.45, 7) is 0.853. The van der Waals surface area contributed by atoms with E-state index in [1.165, 1.54) is 35.1 Å². The van der Waals surface area contributed by atoms with Gasteiger partial charge in [0.05, 0.1) is 25.5 Å². The summed E-state index contributed by atoms with van der Waals surface area (Å²) in [5.41, 5.74) is 0.370. The Labute approximate surface area is 167 Å². The molecule has 1 aliphatic rings. The molecule has 30 heavy (non-hydrogen) atoms. The number of alkyl halides is 3. The van der Waals surface area contributed by atoms with Gasteiger partial charge < -0.3 is 25.4 Å².